The minimum atomic E-state index is -3.98. The summed E-state index contributed by atoms with van der Waals surface area (Å²) < 4.78 is 32.3. The van der Waals surface area contributed by atoms with E-state index in [9.17, 15) is 23.3 Å². The first-order valence-corrected chi connectivity index (χ1v) is 10.8. The molecule has 1 N–H and O–H groups in total. The predicted molar refractivity (Wildman–Crippen MR) is 103 cm³/mol. The minimum Gasteiger partial charge on any atom is -0.495 e. The monoisotopic (exact) mass is 425 g/mol. The van der Waals surface area contributed by atoms with Crippen molar-refractivity contribution in [1.29, 1.82) is 0 Å². The Bertz CT molecular complexity index is 1000. The largest absolute Gasteiger partial charge is 0.495 e. The van der Waals surface area contributed by atoms with Crippen molar-refractivity contribution in [2.45, 2.75) is 24.3 Å². The van der Waals surface area contributed by atoms with Crippen molar-refractivity contribution in [2.75, 3.05) is 20.2 Å². The van der Waals surface area contributed by atoms with Gasteiger partial charge in [-0.15, -0.1) is 11.3 Å². The molecule has 1 aliphatic rings. The molecular formula is C17H19N3O6S2. The van der Waals surface area contributed by atoms with Gasteiger partial charge in [-0.05, 0) is 29.5 Å². The van der Waals surface area contributed by atoms with Gasteiger partial charge in [0.15, 0.2) is 0 Å². The number of ether oxygens (including phenoxy) is 1. The lowest BCUT2D eigenvalue weighted by Crippen LogP contribution is -2.37. The lowest BCUT2D eigenvalue weighted by atomic mass is 10.1. The Morgan fingerprint density at radius 3 is 2.89 bits per heavy atom. The Labute approximate surface area is 166 Å². The van der Waals surface area contributed by atoms with Crippen LogP contribution in [0.5, 0.6) is 5.75 Å². The van der Waals surface area contributed by atoms with Gasteiger partial charge >= 0.3 is 0 Å². The normalized spacial score (nSPS) is 13.8. The summed E-state index contributed by atoms with van der Waals surface area (Å²) in [5, 5.41) is 12.8. The van der Waals surface area contributed by atoms with E-state index in [0.29, 0.717) is 13.1 Å². The number of carbonyl (C=O) groups is 1. The van der Waals surface area contributed by atoms with Crippen molar-refractivity contribution >= 4 is 33.0 Å². The van der Waals surface area contributed by atoms with Gasteiger partial charge in [0.1, 0.15) is 10.6 Å². The third kappa shape index (κ3) is 4.32. The topological polar surface area (TPSA) is 119 Å². The lowest BCUT2D eigenvalue weighted by Gasteiger charge is -2.27. The summed E-state index contributed by atoms with van der Waals surface area (Å²) >= 11 is 1.68. The number of fused-ring (bicyclic) bond motifs is 1. The SMILES string of the molecule is COc1cc([N+](=O)[O-])ccc1S(=O)(=O)NCCC(=O)N1CCc2sccc2C1. The van der Waals surface area contributed by atoms with Crippen molar-refractivity contribution in [3.05, 3.63) is 50.2 Å². The number of sulfonamides is 1. The predicted octanol–water partition coefficient (Wildman–Crippen LogP) is 1.92. The van der Waals surface area contributed by atoms with Crippen LogP contribution >= 0.6 is 11.3 Å². The molecule has 3 rings (SSSR count). The molecule has 1 aliphatic heterocycles. The number of rotatable bonds is 7. The van der Waals surface area contributed by atoms with Gasteiger partial charge in [0.2, 0.25) is 15.9 Å². The number of thiophene rings is 1. The van der Waals surface area contributed by atoms with Gasteiger partial charge in [0.25, 0.3) is 5.69 Å². The van der Waals surface area contributed by atoms with Crippen LogP contribution in [-0.4, -0.2) is 44.3 Å². The molecule has 150 valence electrons. The number of nitro groups is 1. The fourth-order valence-corrected chi connectivity index (χ4v) is 5.05. The molecule has 1 aromatic carbocycles. The van der Waals surface area contributed by atoms with E-state index >= 15 is 0 Å². The van der Waals surface area contributed by atoms with Crippen molar-refractivity contribution in [3.8, 4) is 5.75 Å². The molecule has 0 bridgehead atoms. The van der Waals surface area contributed by atoms with E-state index < -0.39 is 14.9 Å². The Kier molecular flexibility index (Phi) is 5.96. The highest BCUT2D eigenvalue weighted by Gasteiger charge is 2.24. The Hall–Kier alpha value is -2.50. The smallest absolute Gasteiger partial charge is 0.273 e. The highest BCUT2D eigenvalue weighted by atomic mass is 32.2. The van der Waals surface area contributed by atoms with Crippen LogP contribution in [0.25, 0.3) is 0 Å². The average molecular weight is 425 g/mol. The first kappa shape index (κ1) is 20.2. The zero-order valence-corrected chi connectivity index (χ0v) is 16.7. The van der Waals surface area contributed by atoms with E-state index in [0.717, 1.165) is 30.2 Å². The van der Waals surface area contributed by atoms with Gasteiger partial charge in [-0.3, -0.25) is 14.9 Å². The number of amides is 1. The van der Waals surface area contributed by atoms with Crippen molar-refractivity contribution in [3.63, 3.8) is 0 Å². The quantitative estimate of drug-likeness (QED) is 0.535. The van der Waals surface area contributed by atoms with Crippen LogP contribution in [0, 0.1) is 10.1 Å². The summed E-state index contributed by atoms with van der Waals surface area (Å²) in [4.78, 5) is 25.4. The molecule has 0 saturated carbocycles. The van der Waals surface area contributed by atoms with Crippen molar-refractivity contribution in [1.82, 2.24) is 9.62 Å². The zero-order chi connectivity index (χ0) is 20.3. The maximum absolute atomic E-state index is 12.5. The van der Waals surface area contributed by atoms with E-state index in [-0.39, 0.29) is 35.2 Å². The summed E-state index contributed by atoms with van der Waals surface area (Å²) in [5.41, 5.74) is 0.865. The summed E-state index contributed by atoms with van der Waals surface area (Å²) in [6.07, 6.45) is 0.832. The van der Waals surface area contributed by atoms with Gasteiger partial charge < -0.3 is 9.64 Å². The van der Waals surface area contributed by atoms with Gasteiger partial charge in [0, 0.05) is 37.0 Å². The summed E-state index contributed by atoms with van der Waals surface area (Å²) in [7, 11) is -2.75. The second-order valence-electron chi connectivity index (χ2n) is 6.17. The van der Waals surface area contributed by atoms with Crippen LogP contribution in [0.1, 0.15) is 16.9 Å². The summed E-state index contributed by atoms with van der Waals surface area (Å²) in [6, 6.07) is 5.26. The van der Waals surface area contributed by atoms with Gasteiger partial charge in [0.05, 0.1) is 18.1 Å². The standard InChI is InChI=1S/C17H19N3O6S2/c1-26-14-10-13(20(22)23)2-3-16(14)28(24,25)18-7-4-17(21)19-8-5-15-12(11-19)6-9-27-15/h2-3,6,9-10,18H,4-5,7-8,11H2,1H3. The maximum atomic E-state index is 12.5. The van der Waals surface area contributed by atoms with Crippen LogP contribution in [0.4, 0.5) is 5.69 Å². The number of hydrogen-bond acceptors (Lipinski definition) is 7. The van der Waals surface area contributed by atoms with Gasteiger partial charge in [-0.1, -0.05) is 0 Å². The second-order valence-corrected chi connectivity index (χ2v) is 8.91. The zero-order valence-electron chi connectivity index (χ0n) is 15.1. The average Bonchev–Trinajstić information content (AvgIpc) is 3.14. The Morgan fingerprint density at radius 1 is 1.39 bits per heavy atom. The first-order valence-electron chi connectivity index (χ1n) is 8.47. The number of carbonyl (C=O) groups excluding carboxylic acids is 1. The molecule has 0 saturated heterocycles. The molecule has 0 spiro atoms. The van der Waals surface area contributed by atoms with Crippen LogP contribution in [0.2, 0.25) is 0 Å². The highest BCUT2D eigenvalue weighted by molar-refractivity contribution is 7.89. The molecule has 0 aliphatic carbocycles. The van der Waals surface area contributed by atoms with Crippen LogP contribution in [0.15, 0.2) is 34.5 Å². The van der Waals surface area contributed by atoms with Crippen LogP contribution in [-0.2, 0) is 27.8 Å². The van der Waals surface area contributed by atoms with Crippen molar-refractivity contribution in [2.24, 2.45) is 0 Å². The molecule has 11 heteroatoms. The van der Waals surface area contributed by atoms with Gasteiger partial charge in [-0.2, -0.15) is 0 Å². The molecular weight excluding hydrogens is 406 g/mol. The van der Waals surface area contributed by atoms with Crippen LogP contribution < -0.4 is 9.46 Å². The number of methoxy groups -OCH3 is 1. The fourth-order valence-electron chi connectivity index (χ4n) is 2.98. The van der Waals surface area contributed by atoms with E-state index in [4.69, 9.17) is 4.74 Å². The first-order chi connectivity index (χ1) is 13.3. The highest BCUT2D eigenvalue weighted by Crippen LogP contribution is 2.28. The van der Waals surface area contributed by atoms with E-state index in [2.05, 4.69) is 4.72 Å². The van der Waals surface area contributed by atoms with E-state index in [1.165, 1.54) is 12.0 Å². The molecule has 0 fully saturated rings. The molecule has 2 heterocycles. The third-order valence-corrected chi connectivity index (χ3v) is 6.96. The molecule has 28 heavy (non-hydrogen) atoms. The maximum Gasteiger partial charge on any atom is 0.273 e. The van der Waals surface area contributed by atoms with Crippen LogP contribution in [0.3, 0.4) is 0 Å². The van der Waals surface area contributed by atoms with E-state index in [1.54, 1.807) is 16.2 Å². The second kappa shape index (κ2) is 8.25. The summed E-state index contributed by atoms with van der Waals surface area (Å²) in [5.74, 6) is -0.260. The Morgan fingerprint density at radius 2 is 2.18 bits per heavy atom. The fraction of sp³-hybridized carbons (Fsp3) is 0.353. The number of hydrogen-bond donors (Lipinski definition) is 1. The molecule has 2 aromatic rings. The molecule has 0 radical (unpaired) electrons. The van der Waals surface area contributed by atoms with Crippen molar-refractivity contribution < 1.29 is 22.9 Å². The molecule has 1 aromatic heterocycles. The molecule has 1 amide bonds. The molecule has 9 nitrogen and oxygen atoms in total. The van der Waals surface area contributed by atoms with E-state index in [1.807, 2.05) is 11.4 Å². The van der Waals surface area contributed by atoms with Gasteiger partial charge in [-0.25, -0.2) is 13.1 Å². The number of nitrogens with one attached hydrogen (secondary N) is 1. The molecule has 0 unspecified atom stereocenters. The lowest BCUT2D eigenvalue weighted by molar-refractivity contribution is -0.385. The Balaban J connectivity index is 1.61. The molecule has 0 atom stereocenters. The number of nitrogens with zero attached hydrogens (tertiary/aromatic N) is 2. The number of benzene rings is 1. The minimum absolute atomic E-state index is 0.0218. The number of nitro benzene ring substituents is 1. The summed E-state index contributed by atoms with van der Waals surface area (Å²) in [6.45, 7) is 1.09. The number of non-ortho nitro benzene ring substituents is 1. The third-order valence-electron chi connectivity index (χ3n) is 4.44.